The van der Waals surface area contributed by atoms with Crippen LogP contribution in [0.5, 0.6) is 0 Å². The van der Waals surface area contributed by atoms with E-state index < -0.39 is 12.2 Å². The third-order valence-corrected chi connectivity index (χ3v) is 4.70. The van der Waals surface area contributed by atoms with Gasteiger partial charge in [-0.15, -0.1) is 10.2 Å². The van der Waals surface area contributed by atoms with Crippen LogP contribution in [0.25, 0.3) is 10.9 Å². The molecule has 1 aliphatic rings. The van der Waals surface area contributed by atoms with Crippen molar-refractivity contribution in [3.05, 3.63) is 42.2 Å². The largest absolute Gasteiger partial charge is 0.356 e. The lowest BCUT2D eigenvalue weighted by Gasteiger charge is -2.33. The maximum absolute atomic E-state index is 13.2. The number of nitrogens with zero attached hydrogens (tertiary/aromatic N) is 6. The molecular weight excluding hydrogens is 326 g/mol. The Morgan fingerprint density at radius 2 is 1.88 bits per heavy atom. The molecule has 1 aromatic carbocycles. The first-order chi connectivity index (χ1) is 12.1. The Bertz CT molecular complexity index is 886. The summed E-state index contributed by atoms with van der Waals surface area (Å²) < 4.78 is 28.3. The quantitative estimate of drug-likeness (QED) is 0.731. The van der Waals surface area contributed by atoms with Crippen molar-refractivity contribution in [2.45, 2.75) is 25.2 Å². The summed E-state index contributed by atoms with van der Waals surface area (Å²) >= 11 is 0. The zero-order valence-corrected chi connectivity index (χ0v) is 13.8. The molecule has 25 heavy (non-hydrogen) atoms. The molecule has 0 bridgehead atoms. The van der Waals surface area contributed by atoms with E-state index in [-0.39, 0.29) is 0 Å². The van der Waals surface area contributed by atoms with E-state index in [1.807, 2.05) is 23.7 Å². The van der Waals surface area contributed by atoms with Gasteiger partial charge in [0.2, 0.25) is 0 Å². The molecule has 3 aromatic rings. The molecule has 1 fully saturated rings. The Labute approximate surface area is 143 Å². The van der Waals surface area contributed by atoms with Gasteiger partial charge in [-0.1, -0.05) is 12.1 Å². The van der Waals surface area contributed by atoms with E-state index in [0.29, 0.717) is 17.3 Å². The first-order valence-corrected chi connectivity index (χ1v) is 8.27. The second kappa shape index (κ2) is 6.34. The fourth-order valence-corrected chi connectivity index (χ4v) is 3.43. The highest BCUT2D eigenvalue weighted by Gasteiger charge is 2.26. The Morgan fingerprint density at radius 1 is 1.12 bits per heavy atom. The highest BCUT2D eigenvalue weighted by molar-refractivity contribution is 5.89. The molecular formula is C17H18F2N6. The fourth-order valence-electron chi connectivity index (χ4n) is 3.43. The number of fused-ring (bicyclic) bond motifs is 1. The minimum absolute atomic E-state index is 0.325. The monoisotopic (exact) mass is 344 g/mol. The average Bonchev–Trinajstić information content (AvgIpc) is 3.07. The summed E-state index contributed by atoms with van der Waals surface area (Å²) in [6.45, 7) is 1.47. The van der Waals surface area contributed by atoms with Crippen LogP contribution in [-0.4, -0.2) is 37.8 Å². The number of benzene rings is 1. The van der Waals surface area contributed by atoms with Gasteiger partial charge in [-0.2, -0.15) is 0 Å². The molecule has 0 atom stereocenters. The van der Waals surface area contributed by atoms with Crippen LogP contribution in [0.1, 0.15) is 36.8 Å². The van der Waals surface area contributed by atoms with Crippen molar-refractivity contribution in [2.75, 3.05) is 18.0 Å². The van der Waals surface area contributed by atoms with E-state index in [1.54, 1.807) is 18.5 Å². The lowest BCUT2D eigenvalue weighted by Crippen LogP contribution is -2.34. The number of piperidine rings is 1. The van der Waals surface area contributed by atoms with Crippen molar-refractivity contribution in [3.63, 3.8) is 0 Å². The normalized spacial score (nSPS) is 16.1. The number of aryl methyl sites for hydroxylation is 1. The van der Waals surface area contributed by atoms with E-state index in [4.69, 9.17) is 0 Å². The molecule has 6 nitrogen and oxygen atoms in total. The van der Waals surface area contributed by atoms with Crippen LogP contribution in [0.15, 0.2) is 30.6 Å². The van der Waals surface area contributed by atoms with Gasteiger partial charge in [0.1, 0.15) is 18.0 Å². The van der Waals surface area contributed by atoms with Gasteiger partial charge in [-0.05, 0) is 25.0 Å². The van der Waals surface area contributed by atoms with Gasteiger partial charge in [0.25, 0.3) is 6.43 Å². The van der Waals surface area contributed by atoms with Crippen LogP contribution in [0.3, 0.4) is 0 Å². The second-order valence-electron chi connectivity index (χ2n) is 6.28. The van der Waals surface area contributed by atoms with Crippen LogP contribution in [0.4, 0.5) is 14.6 Å². The SMILES string of the molecule is Cn1cnnc1C1CCN(c2nc(C(F)F)nc3ccccc23)CC1. The van der Waals surface area contributed by atoms with Crippen molar-refractivity contribution >= 4 is 16.7 Å². The van der Waals surface area contributed by atoms with Gasteiger partial charge < -0.3 is 9.47 Å². The summed E-state index contributed by atoms with van der Waals surface area (Å²) in [5.41, 5.74) is 0.554. The summed E-state index contributed by atoms with van der Waals surface area (Å²) in [6.07, 6.45) is 0.790. The molecule has 4 rings (SSSR count). The molecule has 0 N–H and O–H groups in total. The summed E-state index contributed by atoms with van der Waals surface area (Å²) in [7, 11) is 1.94. The average molecular weight is 344 g/mol. The van der Waals surface area contributed by atoms with Crippen LogP contribution in [0, 0.1) is 0 Å². The van der Waals surface area contributed by atoms with Gasteiger partial charge in [0.05, 0.1) is 5.52 Å². The van der Waals surface area contributed by atoms with E-state index in [2.05, 4.69) is 25.1 Å². The predicted molar refractivity (Wildman–Crippen MR) is 89.7 cm³/mol. The second-order valence-corrected chi connectivity index (χ2v) is 6.28. The fraction of sp³-hybridized carbons (Fsp3) is 0.412. The van der Waals surface area contributed by atoms with Crippen LogP contribution < -0.4 is 4.90 Å². The van der Waals surface area contributed by atoms with E-state index in [9.17, 15) is 8.78 Å². The molecule has 0 amide bonds. The zero-order chi connectivity index (χ0) is 17.4. The maximum atomic E-state index is 13.2. The van der Waals surface area contributed by atoms with E-state index in [0.717, 1.165) is 37.1 Å². The van der Waals surface area contributed by atoms with Crippen LogP contribution in [-0.2, 0) is 7.05 Å². The Morgan fingerprint density at radius 3 is 2.56 bits per heavy atom. The molecule has 8 heteroatoms. The minimum atomic E-state index is -2.68. The topological polar surface area (TPSA) is 59.7 Å². The van der Waals surface area contributed by atoms with Crippen LogP contribution in [0.2, 0.25) is 0 Å². The molecule has 1 aliphatic heterocycles. The minimum Gasteiger partial charge on any atom is -0.356 e. The smallest absolute Gasteiger partial charge is 0.297 e. The molecule has 0 unspecified atom stereocenters. The third kappa shape index (κ3) is 2.92. The maximum Gasteiger partial charge on any atom is 0.297 e. The molecule has 0 aliphatic carbocycles. The lowest BCUT2D eigenvalue weighted by atomic mass is 9.95. The number of rotatable bonds is 3. The van der Waals surface area contributed by atoms with Gasteiger partial charge in [0, 0.05) is 31.4 Å². The van der Waals surface area contributed by atoms with Crippen LogP contribution >= 0.6 is 0 Å². The predicted octanol–water partition coefficient (Wildman–Crippen LogP) is 3.08. The highest BCUT2D eigenvalue weighted by Crippen LogP contribution is 2.32. The van der Waals surface area contributed by atoms with Gasteiger partial charge in [-0.3, -0.25) is 0 Å². The van der Waals surface area contributed by atoms with Crippen molar-refractivity contribution in [3.8, 4) is 0 Å². The third-order valence-electron chi connectivity index (χ3n) is 4.70. The number of halogens is 2. The molecule has 0 radical (unpaired) electrons. The number of hydrogen-bond donors (Lipinski definition) is 0. The standard InChI is InChI=1S/C17H18F2N6/c1-24-10-20-23-16(24)11-6-8-25(9-7-11)17-12-4-2-3-5-13(12)21-15(22-17)14(18)19/h2-5,10-11,14H,6-9H2,1H3. The van der Waals surface area contributed by atoms with E-state index >= 15 is 0 Å². The molecule has 130 valence electrons. The number of alkyl halides is 2. The number of anilines is 1. The molecule has 0 saturated carbocycles. The molecule has 3 heterocycles. The number of hydrogen-bond acceptors (Lipinski definition) is 5. The van der Waals surface area contributed by atoms with Crippen molar-refractivity contribution in [1.82, 2.24) is 24.7 Å². The Balaban J connectivity index is 1.63. The Kier molecular flexibility index (Phi) is 4.03. The summed E-state index contributed by atoms with van der Waals surface area (Å²) in [4.78, 5) is 10.2. The molecule has 2 aromatic heterocycles. The molecule has 1 saturated heterocycles. The van der Waals surface area contributed by atoms with Gasteiger partial charge in [0.15, 0.2) is 5.82 Å². The summed E-state index contributed by atoms with van der Waals surface area (Å²) in [5.74, 6) is 1.48. The highest BCUT2D eigenvalue weighted by atomic mass is 19.3. The Hall–Kier alpha value is -2.64. The van der Waals surface area contributed by atoms with Crippen molar-refractivity contribution < 1.29 is 8.78 Å². The van der Waals surface area contributed by atoms with E-state index in [1.165, 1.54) is 0 Å². The zero-order valence-electron chi connectivity index (χ0n) is 13.8. The van der Waals surface area contributed by atoms with Crippen molar-refractivity contribution in [2.24, 2.45) is 7.05 Å². The first-order valence-electron chi connectivity index (χ1n) is 8.27. The number of para-hydroxylation sites is 1. The lowest BCUT2D eigenvalue weighted by molar-refractivity contribution is 0.141. The van der Waals surface area contributed by atoms with Gasteiger partial charge in [-0.25, -0.2) is 18.7 Å². The number of aromatic nitrogens is 5. The summed E-state index contributed by atoms with van der Waals surface area (Å²) in [5, 5.41) is 8.94. The van der Waals surface area contributed by atoms with Gasteiger partial charge >= 0.3 is 0 Å². The molecule has 0 spiro atoms. The first kappa shape index (κ1) is 15.9. The summed E-state index contributed by atoms with van der Waals surface area (Å²) in [6, 6.07) is 7.31. The van der Waals surface area contributed by atoms with Crippen molar-refractivity contribution in [1.29, 1.82) is 0 Å².